The first kappa shape index (κ1) is 50.2. The summed E-state index contributed by atoms with van der Waals surface area (Å²) in [6.07, 6.45) is 13.2. The van der Waals surface area contributed by atoms with Crippen LogP contribution in [0.25, 0.3) is 33.5 Å². The van der Waals surface area contributed by atoms with Gasteiger partial charge >= 0.3 is 0 Å². The van der Waals surface area contributed by atoms with Crippen LogP contribution in [-0.4, -0.2) is 53.8 Å². The Morgan fingerprint density at radius 3 is 1.36 bits per heavy atom. The van der Waals surface area contributed by atoms with E-state index in [0.29, 0.717) is 6.42 Å². The minimum atomic E-state index is -0.443. The van der Waals surface area contributed by atoms with Crippen LogP contribution in [0.5, 0.6) is 11.5 Å². The van der Waals surface area contributed by atoms with Crippen molar-refractivity contribution < 1.29 is 50.2 Å². The van der Waals surface area contributed by atoms with Crippen molar-refractivity contribution in [2.75, 3.05) is 26.4 Å². The second-order valence-corrected chi connectivity index (χ2v) is 16.6. The molecule has 2 unspecified atom stereocenters. The summed E-state index contributed by atoms with van der Waals surface area (Å²) in [4.78, 5) is 4.72. The van der Waals surface area contributed by atoms with Crippen molar-refractivity contribution in [2.24, 2.45) is 10.8 Å². The quantitative estimate of drug-likeness (QED) is 0.0435. The van der Waals surface area contributed by atoms with Gasteiger partial charge in [-0.2, -0.15) is 0 Å². The second-order valence-electron chi connectivity index (χ2n) is 16.6. The Hall–Kier alpha value is -3.90. The van der Waals surface area contributed by atoms with E-state index in [9.17, 15) is 10.2 Å². The smallest absolute Gasteiger partial charge is 0.119 e. The predicted molar refractivity (Wildman–Crippen MR) is 235 cm³/mol. The first-order valence-corrected chi connectivity index (χ1v) is 20.6. The molecule has 0 spiro atoms. The maximum Gasteiger partial charge on any atom is 0.119 e. The van der Waals surface area contributed by atoms with E-state index in [2.05, 4.69) is 61.7 Å². The van der Waals surface area contributed by atoms with Crippen LogP contribution in [0.3, 0.4) is 0 Å². The zero-order valence-corrected chi connectivity index (χ0v) is 38.1. The normalized spacial score (nSPS) is 12.2. The molecule has 0 saturated carbocycles. The Labute approximate surface area is 364 Å². The number of pyridine rings is 1. The van der Waals surface area contributed by atoms with Gasteiger partial charge in [0.15, 0.2) is 0 Å². The number of ether oxygens (including phenoxy) is 4. The van der Waals surface area contributed by atoms with Crippen LogP contribution in [0.1, 0.15) is 99.3 Å². The fraction of sp³-hybridized carbons (Fsp3) is 0.460. The summed E-state index contributed by atoms with van der Waals surface area (Å²) in [5.74, 6) is 1.79. The van der Waals surface area contributed by atoms with Crippen molar-refractivity contribution in [3.05, 3.63) is 117 Å². The SMILES string of the molecule is C=COCCCCCCOc1ccc(-c2c[c-]c(-c3ccc(-c4ccc(OCCCCCCOC=C)cc4)cn3)cc2)cc1.CC(C)(C)C(O)CC(O)C(C)(C)C.[Pt]. The molecule has 2 atom stereocenters. The molecule has 0 aliphatic heterocycles. The fourth-order valence-corrected chi connectivity index (χ4v) is 5.72. The van der Waals surface area contributed by atoms with Gasteiger partial charge in [0.25, 0.3) is 0 Å². The zero-order chi connectivity index (χ0) is 41.5. The summed E-state index contributed by atoms with van der Waals surface area (Å²) in [7, 11) is 0. The molecule has 0 bridgehead atoms. The summed E-state index contributed by atoms with van der Waals surface area (Å²) in [6.45, 7) is 21.9. The number of hydrogen-bond acceptors (Lipinski definition) is 7. The number of unbranched alkanes of at least 4 members (excludes halogenated alkanes) is 6. The average molecular weight is 974 g/mol. The van der Waals surface area contributed by atoms with Crippen LogP contribution in [0.15, 0.2) is 111 Å². The Morgan fingerprint density at radius 2 is 0.983 bits per heavy atom. The second kappa shape index (κ2) is 27.0. The van der Waals surface area contributed by atoms with Gasteiger partial charge in [-0.3, -0.25) is 0 Å². The maximum atomic E-state index is 9.76. The van der Waals surface area contributed by atoms with Gasteiger partial charge in [-0.05, 0) is 103 Å². The minimum absolute atomic E-state index is 0. The van der Waals surface area contributed by atoms with Crippen LogP contribution in [-0.2, 0) is 30.5 Å². The Morgan fingerprint density at radius 1 is 0.569 bits per heavy atom. The molecular formula is C50H68NO6Pt-. The number of aliphatic hydroxyl groups excluding tert-OH is 2. The van der Waals surface area contributed by atoms with Crippen LogP contribution in [0, 0.1) is 16.9 Å². The van der Waals surface area contributed by atoms with Crippen LogP contribution < -0.4 is 9.47 Å². The third-order valence-electron chi connectivity index (χ3n) is 9.76. The van der Waals surface area contributed by atoms with Gasteiger partial charge < -0.3 is 34.1 Å². The third-order valence-corrected chi connectivity index (χ3v) is 9.76. The Balaban J connectivity index is 0.000000713. The Kier molecular flexibility index (Phi) is 23.4. The van der Waals surface area contributed by atoms with Gasteiger partial charge in [-0.25, -0.2) is 0 Å². The number of benzene rings is 3. The van der Waals surface area contributed by atoms with Crippen molar-refractivity contribution >= 4 is 0 Å². The molecule has 4 rings (SSSR count). The summed E-state index contributed by atoms with van der Waals surface area (Å²) >= 11 is 0. The number of rotatable bonds is 23. The maximum absolute atomic E-state index is 9.76. The van der Waals surface area contributed by atoms with Crippen molar-refractivity contribution in [2.45, 2.75) is 112 Å². The summed E-state index contributed by atoms with van der Waals surface area (Å²) in [5.41, 5.74) is 5.99. The van der Waals surface area contributed by atoms with Gasteiger partial charge in [-0.15, -0.1) is 29.8 Å². The largest absolute Gasteiger partial charge is 0.502 e. The molecule has 0 saturated heterocycles. The van der Waals surface area contributed by atoms with Crippen LogP contribution in [0.4, 0.5) is 0 Å². The van der Waals surface area contributed by atoms with Gasteiger partial charge in [0.1, 0.15) is 11.5 Å². The third kappa shape index (κ3) is 19.2. The molecule has 2 N–H and O–H groups in total. The zero-order valence-electron chi connectivity index (χ0n) is 35.8. The number of aliphatic hydroxyl groups is 2. The van der Waals surface area contributed by atoms with Crippen molar-refractivity contribution in [3.63, 3.8) is 0 Å². The van der Waals surface area contributed by atoms with Gasteiger partial charge in [0, 0.05) is 33.7 Å². The van der Waals surface area contributed by atoms with E-state index in [-0.39, 0.29) is 31.9 Å². The molecule has 320 valence electrons. The van der Waals surface area contributed by atoms with Crippen molar-refractivity contribution in [3.8, 4) is 45.0 Å². The molecule has 8 heteroatoms. The Bertz CT molecular complexity index is 1550. The summed E-state index contributed by atoms with van der Waals surface area (Å²) < 4.78 is 22.1. The molecule has 3 aromatic carbocycles. The molecule has 4 aromatic rings. The van der Waals surface area contributed by atoms with Gasteiger partial charge in [0.05, 0.1) is 51.2 Å². The van der Waals surface area contributed by atoms with Crippen LogP contribution >= 0.6 is 0 Å². The van der Waals surface area contributed by atoms with E-state index in [1.54, 1.807) is 0 Å². The minimum Gasteiger partial charge on any atom is -0.502 e. The van der Waals surface area contributed by atoms with Gasteiger partial charge in [-0.1, -0.05) is 102 Å². The molecule has 1 heterocycles. The molecule has 1 aromatic heterocycles. The summed E-state index contributed by atoms with van der Waals surface area (Å²) in [6, 6.07) is 30.2. The fourth-order valence-electron chi connectivity index (χ4n) is 5.72. The van der Waals surface area contributed by atoms with E-state index in [1.165, 1.54) is 12.5 Å². The van der Waals surface area contributed by atoms with Crippen molar-refractivity contribution in [1.29, 1.82) is 0 Å². The number of hydrogen-bond donors (Lipinski definition) is 2. The predicted octanol–water partition coefficient (Wildman–Crippen LogP) is 12.3. The molecular weight excluding hydrogens is 906 g/mol. The molecule has 0 aliphatic carbocycles. The average Bonchev–Trinajstić information content (AvgIpc) is 3.20. The first-order valence-electron chi connectivity index (χ1n) is 20.6. The van der Waals surface area contributed by atoms with Crippen LogP contribution in [0.2, 0.25) is 0 Å². The van der Waals surface area contributed by atoms with E-state index < -0.39 is 12.2 Å². The molecule has 7 nitrogen and oxygen atoms in total. The van der Waals surface area contributed by atoms with Crippen molar-refractivity contribution in [1.82, 2.24) is 4.98 Å². The standard InChI is InChI=1S/C39H44NO4.C11H24O2.Pt/c1-3-41-27-9-5-7-11-29-43-37-22-17-33(18-23-37)32-13-15-35(16-14-32)39-26-21-36(31-40-39)34-19-24-38(25-20-34)44-30-12-8-6-10-28-42-4-2;1-10(2,3)8(12)7-9(13)11(4,5)6;/h3-4,13-15,17-26,31H,1-2,5-12,27-30H2;8-9,12-13H,7H2,1-6H3;/q-1;;. The van der Waals surface area contributed by atoms with Gasteiger partial charge in [0.2, 0.25) is 0 Å². The molecule has 0 radical (unpaired) electrons. The summed E-state index contributed by atoms with van der Waals surface area (Å²) in [5, 5.41) is 19.5. The molecule has 0 amide bonds. The molecule has 58 heavy (non-hydrogen) atoms. The van der Waals surface area contributed by atoms with E-state index in [1.807, 2.05) is 84.1 Å². The van der Waals surface area contributed by atoms with E-state index >= 15 is 0 Å². The number of nitrogens with zero attached hydrogens (tertiary/aromatic N) is 1. The molecule has 0 fully saturated rings. The number of aromatic nitrogens is 1. The monoisotopic (exact) mass is 973 g/mol. The van der Waals surface area contributed by atoms with E-state index in [4.69, 9.17) is 23.9 Å². The molecule has 0 aliphatic rings. The topological polar surface area (TPSA) is 90.3 Å². The first-order chi connectivity index (χ1) is 27.3. The van der Waals surface area contributed by atoms with E-state index in [0.717, 1.165) is 123 Å².